The third-order valence-electron chi connectivity index (χ3n) is 1.86. The zero-order valence-electron chi connectivity index (χ0n) is 8.61. The van der Waals surface area contributed by atoms with Gasteiger partial charge in [0.25, 0.3) is 5.91 Å². The van der Waals surface area contributed by atoms with Crippen molar-refractivity contribution in [2.45, 2.75) is 0 Å². The number of amides is 1. The predicted molar refractivity (Wildman–Crippen MR) is 57.0 cm³/mol. The minimum atomic E-state index is -0.777. The van der Waals surface area contributed by atoms with Gasteiger partial charge in [-0.15, -0.1) is 4.99 Å². The van der Waals surface area contributed by atoms with Crippen LogP contribution in [0.25, 0.3) is 0 Å². The van der Waals surface area contributed by atoms with E-state index in [0.717, 1.165) is 6.08 Å². The summed E-state index contributed by atoms with van der Waals surface area (Å²) in [4.78, 5) is 24.3. The third-order valence-corrected chi connectivity index (χ3v) is 2.24. The predicted octanol–water partition coefficient (Wildman–Crippen LogP) is 1.83. The van der Waals surface area contributed by atoms with Crippen LogP contribution in [0.15, 0.2) is 17.1 Å². The standard InChI is InChI=1S/C10H8ClNO4/c1-15-7-4-3-6(10(14)12-5-13)8(11)9(7)16-2/h3-4H,1-2H3. The molecule has 0 radical (unpaired) electrons. The molecule has 0 heterocycles. The maximum Gasteiger partial charge on any atom is 0.289 e. The molecule has 0 unspecified atom stereocenters. The lowest BCUT2D eigenvalue weighted by molar-refractivity contribution is 0.100. The number of halogens is 1. The summed E-state index contributed by atoms with van der Waals surface area (Å²) in [5, 5.41) is 0.0471. The van der Waals surface area contributed by atoms with Crippen LogP contribution < -0.4 is 9.47 Å². The quantitative estimate of drug-likeness (QED) is 0.598. The molecule has 16 heavy (non-hydrogen) atoms. The fourth-order valence-corrected chi connectivity index (χ4v) is 1.47. The lowest BCUT2D eigenvalue weighted by Crippen LogP contribution is -1.99. The molecule has 0 atom stereocenters. The van der Waals surface area contributed by atoms with E-state index in [1.807, 2.05) is 0 Å². The lowest BCUT2D eigenvalue weighted by Gasteiger charge is -2.10. The number of rotatable bonds is 3. The number of carbonyl (C=O) groups excluding carboxylic acids is 2. The van der Waals surface area contributed by atoms with Crippen LogP contribution in [0.5, 0.6) is 11.5 Å². The van der Waals surface area contributed by atoms with Crippen LogP contribution in [0.4, 0.5) is 0 Å². The first-order chi connectivity index (χ1) is 7.65. The molecular weight excluding hydrogens is 234 g/mol. The van der Waals surface area contributed by atoms with E-state index in [1.165, 1.54) is 26.4 Å². The summed E-state index contributed by atoms with van der Waals surface area (Å²) in [6.45, 7) is 0. The molecule has 0 aliphatic heterocycles. The highest BCUT2D eigenvalue weighted by Crippen LogP contribution is 2.37. The summed E-state index contributed by atoms with van der Waals surface area (Å²) < 4.78 is 9.97. The van der Waals surface area contributed by atoms with Gasteiger partial charge in [-0.25, -0.2) is 4.79 Å². The van der Waals surface area contributed by atoms with E-state index in [-0.39, 0.29) is 16.3 Å². The first-order valence-corrected chi connectivity index (χ1v) is 4.56. The second-order valence-electron chi connectivity index (χ2n) is 2.67. The average molecular weight is 242 g/mol. The molecule has 1 aromatic carbocycles. The van der Waals surface area contributed by atoms with Crippen LogP contribution in [0, 0.1) is 0 Å². The average Bonchev–Trinajstić information content (AvgIpc) is 2.28. The number of nitrogens with zero attached hydrogens (tertiary/aromatic N) is 1. The van der Waals surface area contributed by atoms with Gasteiger partial charge in [-0.1, -0.05) is 11.6 Å². The molecule has 0 N–H and O–H groups in total. The lowest BCUT2D eigenvalue weighted by atomic mass is 10.2. The summed E-state index contributed by atoms with van der Waals surface area (Å²) in [5.74, 6) is -0.170. The van der Waals surface area contributed by atoms with E-state index in [4.69, 9.17) is 21.1 Å². The minimum absolute atomic E-state index is 0.0471. The minimum Gasteiger partial charge on any atom is -0.493 e. The van der Waals surface area contributed by atoms with Crippen molar-refractivity contribution in [2.75, 3.05) is 14.2 Å². The summed E-state index contributed by atoms with van der Waals surface area (Å²) in [6, 6.07) is 2.89. The summed E-state index contributed by atoms with van der Waals surface area (Å²) in [6.07, 6.45) is 1.15. The Morgan fingerprint density at radius 3 is 2.56 bits per heavy atom. The molecular formula is C10H8ClNO4. The SMILES string of the molecule is COc1ccc(C(=O)N=C=O)c(Cl)c1OC. The van der Waals surface area contributed by atoms with Gasteiger partial charge in [-0.3, -0.25) is 4.79 Å². The molecule has 1 rings (SSSR count). The summed E-state index contributed by atoms with van der Waals surface area (Å²) in [7, 11) is 2.83. The molecule has 5 nitrogen and oxygen atoms in total. The highest BCUT2D eigenvalue weighted by molar-refractivity contribution is 6.35. The van der Waals surface area contributed by atoms with Crippen molar-refractivity contribution in [1.82, 2.24) is 0 Å². The second kappa shape index (κ2) is 5.30. The van der Waals surface area contributed by atoms with Crippen LogP contribution >= 0.6 is 11.6 Å². The van der Waals surface area contributed by atoms with Crippen molar-refractivity contribution >= 4 is 23.6 Å². The van der Waals surface area contributed by atoms with Gasteiger partial charge in [0.2, 0.25) is 6.08 Å². The van der Waals surface area contributed by atoms with Gasteiger partial charge >= 0.3 is 0 Å². The van der Waals surface area contributed by atoms with Crippen molar-refractivity contribution in [1.29, 1.82) is 0 Å². The molecule has 0 saturated heterocycles. The Morgan fingerprint density at radius 2 is 2.06 bits per heavy atom. The molecule has 1 amide bonds. The summed E-state index contributed by atoms with van der Waals surface area (Å²) >= 11 is 5.91. The van der Waals surface area contributed by atoms with Crippen molar-refractivity contribution < 1.29 is 19.1 Å². The molecule has 0 aliphatic carbocycles. The molecule has 0 fully saturated rings. The van der Waals surface area contributed by atoms with Crippen molar-refractivity contribution in [2.24, 2.45) is 4.99 Å². The van der Waals surface area contributed by atoms with Crippen LogP contribution in [-0.2, 0) is 4.79 Å². The van der Waals surface area contributed by atoms with Crippen LogP contribution in [-0.4, -0.2) is 26.2 Å². The Kier molecular flexibility index (Phi) is 4.05. The highest BCUT2D eigenvalue weighted by atomic mass is 35.5. The van der Waals surface area contributed by atoms with Crippen molar-refractivity contribution in [3.05, 3.63) is 22.7 Å². The van der Waals surface area contributed by atoms with Gasteiger partial charge < -0.3 is 9.47 Å². The number of isocyanates is 1. The second-order valence-corrected chi connectivity index (χ2v) is 3.05. The van der Waals surface area contributed by atoms with Gasteiger partial charge in [0.1, 0.15) is 0 Å². The summed E-state index contributed by atoms with van der Waals surface area (Å²) in [5.41, 5.74) is 0.0580. The van der Waals surface area contributed by atoms with Crippen molar-refractivity contribution in [3.63, 3.8) is 0 Å². The van der Waals surface area contributed by atoms with Gasteiger partial charge in [0.15, 0.2) is 11.5 Å². The topological polar surface area (TPSA) is 65.0 Å². The fraction of sp³-hybridized carbons (Fsp3) is 0.200. The number of carbonyl (C=O) groups is 1. The Morgan fingerprint density at radius 1 is 1.38 bits per heavy atom. The molecule has 6 heteroatoms. The van der Waals surface area contributed by atoms with Crippen LogP contribution in [0.3, 0.4) is 0 Å². The van der Waals surface area contributed by atoms with E-state index in [1.54, 1.807) is 0 Å². The van der Waals surface area contributed by atoms with E-state index < -0.39 is 5.91 Å². The number of hydrogen-bond acceptors (Lipinski definition) is 4. The van der Waals surface area contributed by atoms with Gasteiger partial charge in [-0.2, -0.15) is 0 Å². The Bertz CT molecular complexity index is 466. The smallest absolute Gasteiger partial charge is 0.289 e. The number of hydrogen-bond donors (Lipinski definition) is 0. The Balaban J connectivity index is 3.34. The molecule has 0 saturated carbocycles. The fourth-order valence-electron chi connectivity index (χ4n) is 1.16. The van der Waals surface area contributed by atoms with Crippen molar-refractivity contribution in [3.8, 4) is 11.5 Å². The van der Waals surface area contributed by atoms with E-state index in [0.29, 0.717) is 5.75 Å². The number of aliphatic imine (C=N–C) groups is 1. The Labute approximate surface area is 96.6 Å². The first kappa shape index (κ1) is 12.2. The third kappa shape index (κ3) is 2.21. The van der Waals surface area contributed by atoms with Gasteiger partial charge in [0.05, 0.1) is 24.8 Å². The monoisotopic (exact) mass is 241 g/mol. The largest absolute Gasteiger partial charge is 0.493 e. The highest BCUT2D eigenvalue weighted by Gasteiger charge is 2.17. The number of methoxy groups -OCH3 is 2. The van der Waals surface area contributed by atoms with E-state index >= 15 is 0 Å². The maximum absolute atomic E-state index is 11.3. The zero-order chi connectivity index (χ0) is 12.1. The normalized spacial score (nSPS) is 9.19. The Hall–Kier alpha value is -1.84. The first-order valence-electron chi connectivity index (χ1n) is 4.18. The van der Waals surface area contributed by atoms with Gasteiger partial charge in [0, 0.05) is 0 Å². The van der Waals surface area contributed by atoms with Gasteiger partial charge in [-0.05, 0) is 12.1 Å². The molecule has 0 aliphatic rings. The molecule has 0 bridgehead atoms. The molecule has 1 aromatic rings. The number of benzene rings is 1. The molecule has 84 valence electrons. The maximum atomic E-state index is 11.3. The number of ether oxygens (including phenoxy) is 2. The molecule has 0 aromatic heterocycles. The van der Waals surface area contributed by atoms with E-state index in [2.05, 4.69) is 4.99 Å². The zero-order valence-corrected chi connectivity index (χ0v) is 9.37. The van der Waals surface area contributed by atoms with Crippen LogP contribution in [0.1, 0.15) is 10.4 Å². The van der Waals surface area contributed by atoms with E-state index in [9.17, 15) is 9.59 Å². The van der Waals surface area contributed by atoms with Crippen LogP contribution in [0.2, 0.25) is 5.02 Å². The molecule has 0 spiro atoms.